The first-order valence-electron chi connectivity index (χ1n) is 8.28. The highest BCUT2D eigenvalue weighted by molar-refractivity contribution is 9.10. The average molecular weight is 375 g/mol. The third-order valence-electron chi connectivity index (χ3n) is 5.00. The lowest BCUT2D eigenvalue weighted by Crippen LogP contribution is -2.30. The van der Waals surface area contributed by atoms with Crippen LogP contribution in [0.5, 0.6) is 0 Å². The van der Waals surface area contributed by atoms with E-state index in [0.717, 1.165) is 6.42 Å². The second-order valence-corrected chi connectivity index (χ2v) is 7.38. The summed E-state index contributed by atoms with van der Waals surface area (Å²) in [4.78, 5) is 0. The maximum atomic E-state index is 3.69. The zero-order valence-corrected chi connectivity index (χ0v) is 15.3. The van der Waals surface area contributed by atoms with Gasteiger partial charge in [0.05, 0.1) is 0 Å². The summed E-state index contributed by atoms with van der Waals surface area (Å²) in [5, 5.41) is 0. The third-order valence-corrected chi connectivity index (χ3v) is 5.69. The van der Waals surface area contributed by atoms with Crippen LogP contribution in [-0.2, 0) is 11.8 Å². The van der Waals surface area contributed by atoms with Gasteiger partial charge < -0.3 is 0 Å². The fourth-order valence-electron chi connectivity index (χ4n) is 3.66. The molecule has 1 heteroatoms. The highest BCUT2D eigenvalue weighted by Crippen LogP contribution is 2.42. The minimum atomic E-state index is -0.108. The number of fused-ring (bicyclic) bond motifs is 1. The average Bonchev–Trinajstić information content (AvgIpc) is 2.63. The molecule has 0 saturated heterocycles. The fraction of sp³-hybridized carbons (Fsp3) is 0.130. The maximum Gasteiger partial charge on any atom is 0.0425 e. The number of rotatable bonds is 2. The highest BCUT2D eigenvalue weighted by atomic mass is 79.9. The lowest BCUT2D eigenvalue weighted by molar-refractivity contribution is 0.632. The van der Waals surface area contributed by atoms with Gasteiger partial charge in [-0.15, -0.1) is 0 Å². The van der Waals surface area contributed by atoms with Crippen molar-refractivity contribution in [2.24, 2.45) is 0 Å². The van der Waals surface area contributed by atoms with Crippen molar-refractivity contribution in [1.82, 2.24) is 0 Å². The predicted octanol–water partition coefficient (Wildman–Crippen LogP) is 6.31. The lowest BCUT2D eigenvalue weighted by Gasteiger charge is -2.36. The number of halogens is 1. The molecule has 118 valence electrons. The van der Waals surface area contributed by atoms with Crippen LogP contribution in [0.3, 0.4) is 0 Å². The van der Waals surface area contributed by atoms with Crippen molar-refractivity contribution in [3.05, 3.63) is 111 Å². The van der Waals surface area contributed by atoms with Gasteiger partial charge in [-0.05, 0) is 41.7 Å². The summed E-state index contributed by atoms with van der Waals surface area (Å²) < 4.78 is 1.17. The minimum Gasteiger partial charge on any atom is -0.0686 e. The van der Waals surface area contributed by atoms with E-state index in [2.05, 4.69) is 108 Å². The molecule has 1 unspecified atom stereocenters. The third kappa shape index (κ3) is 2.53. The van der Waals surface area contributed by atoms with Gasteiger partial charge >= 0.3 is 0 Å². The Hall–Kier alpha value is -2.12. The zero-order valence-electron chi connectivity index (χ0n) is 13.7. The lowest BCUT2D eigenvalue weighted by atomic mass is 9.67. The van der Waals surface area contributed by atoms with E-state index in [0.29, 0.717) is 0 Å². The van der Waals surface area contributed by atoms with Crippen molar-refractivity contribution in [3.8, 4) is 0 Å². The Labute approximate surface area is 152 Å². The predicted molar refractivity (Wildman–Crippen MR) is 105 cm³/mol. The van der Waals surface area contributed by atoms with E-state index in [4.69, 9.17) is 0 Å². The van der Waals surface area contributed by atoms with Crippen LogP contribution in [0.15, 0.2) is 83.3 Å². The van der Waals surface area contributed by atoms with Crippen LogP contribution in [0.4, 0.5) is 0 Å². The largest absolute Gasteiger partial charge is 0.0686 e. The SMILES string of the molecule is Cc1ccc(C2(c3ccccc3)C=Cc3c(Br)cccc3C2)cc1. The molecule has 0 nitrogen and oxygen atoms in total. The Bertz CT molecular complexity index is 891. The summed E-state index contributed by atoms with van der Waals surface area (Å²) in [6.45, 7) is 2.14. The van der Waals surface area contributed by atoms with Crippen LogP contribution < -0.4 is 0 Å². The number of benzene rings is 3. The molecule has 0 aromatic heterocycles. The van der Waals surface area contributed by atoms with Gasteiger partial charge in [-0.2, -0.15) is 0 Å². The molecule has 0 spiro atoms. The van der Waals surface area contributed by atoms with E-state index in [-0.39, 0.29) is 5.41 Å². The molecular formula is C23H19Br. The van der Waals surface area contributed by atoms with Crippen molar-refractivity contribution >= 4 is 22.0 Å². The monoisotopic (exact) mass is 374 g/mol. The standard InChI is InChI=1S/C23H19Br/c1-17-10-12-20(13-11-17)23(19-7-3-2-4-8-19)15-14-21-18(16-23)6-5-9-22(21)24/h2-15H,16H2,1H3. The number of hydrogen-bond donors (Lipinski definition) is 0. The summed E-state index contributed by atoms with van der Waals surface area (Å²) >= 11 is 3.69. The van der Waals surface area contributed by atoms with E-state index in [9.17, 15) is 0 Å². The number of hydrogen-bond acceptors (Lipinski definition) is 0. The first-order chi connectivity index (χ1) is 11.7. The smallest absolute Gasteiger partial charge is 0.0425 e. The van der Waals surface area contributed by atoms with Crippen molar-refractivity contribution < 1.29 is 0 Å². The van der Waals surface area contributed by atoms with Crippen molar-refractivity contribution in [2.45, 2.75) is 18.8 Å². The van der Waals surface area contributed by atoms with E-state index >= 15 is 0 Å². The molecule has 0 radical (unpaired) electrons. The second kappa shape index (κ2) is 6.07. The summed E-state index contributed by atoms with van der Waals surface area (Å²) in [7, 11) is 0. The summed E-state index contributed by atoms with van der Waals surface area (Å²) in [5.41, 5.74) is 6.57. The fourth-order valence-corrected chi connectivity index (χ4v) is 4.20. The molecule has 24 heavy (non-hydrogen) atoms. The molecule has 0 saturated carbocycles. The van der Waals surface area contributed by atoms with Crippen LogP contribution in [-0.4, -0.2) is 0 Å². The molecule has 0 amide bonds. The normalized spacial score (nSPS) is 19.1. The molecule has 1 aliphatic carbocycles. The zero-order chi connectivity index (χ0) is 16.6. The molecule has 1 atom stereocenters. The molecule has 0 fully saturated rings. The Morgan fingerprint density at radius 2 is 1.50 bits per heavy atom. The van der Waals surface area contributed by atoms with Crippen molar-refractivity contribution in [3.63, 3.8) is 0 Å². The number of aryl methyl sites for hydroxylation is 1. The molecular weight excluding hydrogens is 356 g/mol. The van der Waals surface area contributed by atoms with Crippen molar-refractivity contribution in [1.29, 1.82) is 0 Å². The van der Waals surface area contributed by atoms with Gasteiger partial charge in [0.25, 0.3) is 0 Å². The van der Waals surface area contributed by atoms with Crippen LogP contribution in [0.2, 0.25) is 0 Å². The Morgan fingerprint density at radius 1 is 0.792 bits per heavy atom. The van der Waals surface area contributed by atoms with Gasteiger partial charge in [0, 0.05) is 9.89 Å². The van der Waals surface area contributed by atoms with Gasteiger partial charge in [-0.1, -0.05) is 100 Å². The molecule has 0 N–H and O–H groups in total. The summed E-state index contributed by atoms with van der Waals surface area (Å²) in [5.74, 6) is 0. The molecule has 1 aliphatic rings. The van der Waals surface area contributed by atoms with E-state index in [1.807, 2.05) is 0 Å². The molecule has 0 aliphatic heterocycles. The molecule has 0 heterocycles. The second-order valence-electron chi connectivity index (χ2n) is 6.53. The van der Waals surface area contributed by atoms with Crippen molar-refractivity contribution in [2.75, 3.05) is 0 Å². The van der Waals surface area contributed by atoms with Gasteiger partial charge in [0.2, 0.25) is 0 Å². The van der Waals surface area contributed by atoms with Gasteiger partial charge in [0.15, 0.2) is 0 Å². The van der Waals surface area contributed by atoms with Gasteiger partial charge in [0.1, 0.15) is 0 Å². The Morgan fingerprint density at radius 3 is 2.25 bits per heavy atom. The van der Waals surface area contributed by atoms with E-state index < -0.39 is 0 Å². The Balaban J connectivity index is 1.93. The molecule has 4 rings (SSSR count). The summed E-state index contributed by atoms with van der Waals surface area (Å²) in [6, 6.07) is 26.3. The first kappa shape index (κ1) is 15.4. The molecule has 3 aromatic rings. The van der Waals surface area contributed by atoms with E-state index in [1.54, 1.807) is 0 Å². The minimum absolute atomic E-state index is 0.108. The Kier molecular flexibility index (Phi) is 3.90. The topological polar surface area (TPSA) is 0 Å². The van der Waals surface area contributed by atoms with Gasteiger partial charge in [-0.3, -0.25) is 0 Å². The van der Waals surface area contributed by atoms with Crippen LogP contribution >= 0.6 is 15.9 Å². The molecule has 3 aromatic carbocycles. The van der Waals surface area contributed by atoms with Gasteiger partial charge in [-0.25, -0.2) is 0 Å². The van der Waals surface area contributed by atoms with Crippen LogP contribution in [0.1, 0.15) is 27.8 Å². The highest BCUT2D eigenvalue weighted by Gasteiger charge is 2.34. The van der Waals surface area contributed by atoms with Crippen LogP contribution in [0.25, 0.3) is 6.08 Å². The molecule has 0 bridgehead atoms. The quantitative estimate of drug-likeness (QED) is 0.492. The van der Waals surface area contributed by atoms with E-state index in [1.165, 1.54) is 32.3 Å². The van der Waals surface area contributed by atoms with Crippen LogP contribution in [0, 0.1) is 6.92 Å². The number of allylic oxidation sites excluding steroid dienone is 1. The first-order valence-corrected chi connectivity index (χ1v) is 9.08. The maximum absolute atomic E-state index is 3.69. The summed E-state index contributed by atoms with van der Waals surface area (Å²) in [6.07, 6.45) is 5.63.